The van der Waals surface area contributed by atoms with Gasteiger partial charge in [0.2, 0.25) is 11.1 Å². The standard InChI is InChI=1S/C19H23Cl2N5O10P2/c1-25(7-10-4-2-3-5-12(10)20)15-11-6-22-26(16(11)24-18(21)23-15)17-14(27)19(28,29)13(36-17)8-35-38(33,34)9-37(30,31)32/h2-6,13-14,17,27-29H,7-9H2,1H3,(H,33,34)(H2,30,31,32)/t13-,14+,17-/m1/s1. The van der Waals surface area contributed by atoms with Crippen LogP contribution in [0.1, 0.15) is 11.8 Å². The van der Waals surface area contributed by atoms with Gasteiger partial charge in [0.05, 0.1) is 18.2 Å². The second kappa shape index (κ2) is 10.7. The first-order valence-corrected chi connectivity index (χ1v) is 15.0. The van der Waals surface area contributed by atoms with Crippen molar-refractivity contribution in [3.8, 4) is 0 Å². The van der Waals surface area contributed by atoms with E-state index in [2.05, 4.69) is 19.6 Å². The SMILES string of the molecule is CN(Cc1ccccc1Cl)c1nc(Cl)nc2c1cnn2[C@@H]1O[C@H](COP(=O)(O)CP(=O)(O)O)C(O)(O)[C@H]1O. The van der Waals surface area contributed by atoms with Crippen molar-refractivity contribution in [3.05, 3.63) is 46.3 Å². The van der Waals surface area contributed by atoms with Crippen LogP contribution >= 0.6 is 38.4 Å². The summed E-state index contributed by atoms with van der Waals surface area (Å²) in [5, 5.41) is 36.3. The summed E-state index contributed by atoms with van der Waals surface area (Å²) in [5.74, 6) is -4.16. The van der Waals surface area contributed by atoms with Crippen LogP contribution in [0.5, 0.6) is 0 Å². The molecule has 1 aliphatic heterocycles. The van der Waals surface area contributed by atoms with E-state index >= 15 is 0 Å². The Kier molecular flexibility index (Phi) is 8.24. The average Bonchev–Trinajstić information content (AvgIpc) is 3.30. The average molecular weight is 614 g/mol. The minimum absolute atomic E-state index is 0.0572. The molecule has 15 nitrogen and oxygen atoms in total. The molecule has 1 aliphatic rings. The van der Waals surface area contributed by atoms with Crippen LogP contribution in [0.4, 0.5) is 5.82 Å². The van der Waals surface area contributed by atoms with E-state index in [-0.39, 0.29) is 10.9 Å². The first-order valence-electron chi connectivity index (χ1n) is 10.7. The molecule has 2 aromatic heterocycles. The van der Waals surface area contributed by atoms with E-state index < -0.39 is 51.9 Å². The van der Waals surface area contributed by atoms with Crippen LogP contribution < -0.4 is 4.90 Å². The van der Waals surface area contributed by atoms with Crippen molar-refractivity contribution in [2.45, 2.75) is 30.8 Å². The number of anilines is 1. The lowest BCUT2D eigenvalue weighted by Gasteiger charge is -2.25. The topological polar surface area (TPSA) is 221 Å². The van der Waals surface area contributed by atoms with Gasteiger partial charge < -0.3 is 44.2 Å². The van der Waals surface area contributed by atoms with Crippen molar-refractivity contribution >= 4 is 55.2 Å². The van der Waals surface area contributed by atoms with Gasteiger partial charge in [-0.3, -0.25) is 9.13 Å². The Balaban J connectivity index is 1.61. The highest BCUT2D eigenvalue weighted by atomic mass is 35.5. The molecule has 1 saturated heterocycles. The first-order chi connectivity index (χ1) is 17.6. The van der Waals surface area contributed by atoms with Gasteiger partial charge in [-0.2, -0.15) is 15.1 Å². The monoisotopic (exact) mass is 613 g/mol. The summed E-state index contributed by atoms with van der Waals surface area (Å²) in [6.45, 7) is -0.670. The molecular formula is C19H23Cl2N5O10P2. The molecule has 0 spiro atoms. The normalized spacial score (nSPS) is 23.0. The van der Waals surface area contributed by atoms with Gasteiger partial charge in [-0.05, 0) is 23.2 Å². The van der Waals surface area contributed by atoms with Crippen LogP contribution in [-0.2, 0) is 24.9 Å². The summed E-state index contributed by atoms with van der Waals surface area (Å²) in [6.07, 6.45) is -4.11. The maximum Gasteiger partial charge on any atom is 0.340 e. The summed E-state index contributed by atoms with van der Waals surface area (Å²) in [7, 11) is -8.03. The highest BCUT2D eigenvalue weighted by molar-refractivity contribution is 7.70. The van der Waals surface area contributed by atoms with Gasteiger partial charge >= 0.3 is 15.2 Å². The fourth-order valence-electron chi connectivity index (χ4n) is 3.87. The molecule has 38 heavy (non-hydrogen) atoms. The number of hydrogen-bond acceptors (Lipinski definition) is 11. The summed E-state index contributed by atoms with van der Waals surface area (Å²) < 4.78 is 34.1. The van der Waals surface area contributed by atoms with E-state index in [1.165, 1.54) is 6.20 Å². The van der Waals surface area contributed by atoms with E-state index in [0.29, 0.717) is 22.8 Å². The van der Waals surface area contributed by atoms with Gasteiger partial charge in [0.1, 0.15) is 11.9 Å². The van der Waals surface area contributed by atoms with E-state index in [0.717, 1.165) is 10.2 Å². The fourth-order valence-corrected chi connectivity index (χ4v) is 6.79. The van der Waals surface area contributed by atoms with Crippen molar-refractivity contribution in [1.29, 1.82) is 0 Å². The molecule has 208 valence electrons. The van der Waals surface area contributed by atoms with E-state index in [9.17, 15) is 29.3 Å². The van der Waals surface area contributed by atoms with Gasteiger partial charge in [0.15, 0.2) is 23.9 Å². The molecule has 4 rings (SSSR count). The van der Waals surface area contributed by atoms with Crippen molar-refractivity contribution < 1.29 is 48.4 Å². The molecule has 1 aromatic carbocycles. The second-order valence-electron chi connectivity index (χ2n) is 8.57. The largest absolute Gasteiger partial charge is 0.383 e. The number of aliphatic hydroxyl groups is 3. The Morgan fingerprint density at radius 1 is 1.18 bits per heavy atom. The smallest absolute Gasteiger partial charge is 0.340 e. The zero-order valence-corrected chi connectivity index (χ0v) is 22.7. The lowest BCUT2D eigenvalue weighted by Crippen LogP contribution is -2.49. The van der Waals surface area contributed by atoms with Crippen LogP contribution in [0, 0.1) is 0 Å². The molecule has 0 radical (unpaired) electrons. The van der Waals surface area contributed by atoms with Gasteiger partial charge in [-0.15, -0.1) is 0 Å². The number of halogens is 2. The fraction of sp³-hybridized carbons (Fsp3) is 0.421. The Morgan fingerprint density at radius 2 is 1.87 bits per heavy atom. The highest BCUT2D eigenvalue weighted by Crippen LogP contribution is 2.55. The van der Waals surface area contributed by atoms with Crippen molar-refractivity contribution in [2.75, 3.05) is 24.5 Å². The summed E-state index contributed by atoms with van der Waals surface area (Å²) in [5.41, 5.74) is 0.858. The van der Waals surface area contributed by atoms with Gasteiger partial charge in [-0.25, -0.2) is 4.68 Å². The Hall–Kier alpha value is -1.71. The van der Waals surface area contributed by atoms with Crippen LogP contribution in [0.2, 0.25) is 10.3 Å². The molecule has 3 heterocycles. The number of nitrogens with zero attached hydrogens (tertiary/aromatic N) is 5. The van der Waals surface area contributed by atoms with Crippen LogP contribution in [0.15, 0.2) is 30.5 Å². The predicted molar refractivity (Wildman–Crippen MR) is 134 cm³/mol. The zero-order chi connectivity index (χ0) is 28.0. The number of aliphatic hydroxyl groups excluding tert-OH is 1. The van der Waals surface area contributed by atoms with Gasteiger partial charge in [0, 0.05) is 18.6 Å². The third kappa shape index (κ3) is 6.20. The van der Waals surface area contributed by atoms with Crippen LogP contribution in [0.25, 0.3) is 11.0 Å². The maximum atomic E-state index is 12.0. The summed E-state index contributed by atoms with van der Waals surface area (Å²) in [6, 6.07) is 7.19. The number of rotatable bonds is 9. The molecule has 6 N–H and O–H groups in total. The van der Waals surface area contributed by atoms with E-state index in [4.69, 9.17) is 37.7 Å². The molecule has 1 fully saturated rings. The second-order valence-corrected chi connectivity index (χ2v) is 13.3. The number of benzene rings is 1. The lowest BCUT2D eigenvalue weighted by molar-refractivity contribution is -0.234. The zero-order valence-electron chi connectivity index (χ0n) is 19.4. The molecule has 0 bridgehead atoms. The molecule has 0 aliphatic carbocycles. The predicted octanol–water partition coefficient (Wildman–Crippen LogP) is 1.05. The molecule has 19 heteroatoms. The Bertz CT molecular complexity index is 1440. The number of hydrogen-bond donors (Lipinski definition) is 6. The quantitative estimate of drug-likeness (QED) is 0.113. The minimum atomic E-state index is -4.92. The first kappa shape index (κ1) is 29.3. The van der Waals surface area contributed by atoms with E-state index in [1.807, 2.05) is 12.1 Å². The number of aromatic nitrogens is 4. The molecule has 4 atom stereocenters. The van der Waals surface area contributed by atoms with E-state index in [1.54, 1.807) is 24.1 Å². The summed E-state index contributed by atoms with van der Waals surface area (Å²) >= 11 is 12.4. The van der Waals surface area contributed by atoms with Crippen molar-refractivity contribution in [2.24, 2.45) is 0 Å². The maximum absolute atomic E-state index is 12.0. The molecular weight excluding hydrogens is 591 g/mol. The summed E-state index contributed by atoms with van der Waals surface area (Å²) in [4.78, 5) is 37.6. The molecule has 1 unspecified atom stereocenters. The number of fused-ring (bicyclic) bond motifs is 1. The molecule has 3 aromatic rings. The van der Waals surface area contributed by atoms with Crippen molar-refractivity contribution in [1.82, 2.24) is 19.7 Å². The highest BCUT2D eigenvalue weighted by Gasteiger charge is 2.56. The minimum Gasteiger partial charge on any atom is -0.383 e. The third-order valence-corrected chi connectivity index (χ3v) is 9.64. The van der Waals surface area contributed by atoms with Crippen molar-refractivity contribution in [3.63, 3.8) is 0 Å². The Labute approximate surface area is 224 Å². The third-order valence-electron chi connectivity index (χ3n) is 5.65. The molecule has 0 amide bonds. The molecule has 0 saturated carbocycles. The van der Waals surface area contributed by atoms with Gasteiger partial charge in [0.25, 0.3) is 0 Å². The van der Waals surface area contributed by atoms with Crippen LogP contribution in [0.3, 0.4) is 0 Å². The van der Waals surface area contributed by atoms with Gasteiger partial charge in [-0.1, -0.05) is 29.8 Å². The number of ether oxygens (including phenoxy) is 1. The lowest BCUT2D eigenvalue weighted by atomic mass is 10.1. The van der Waals surface area contributed by atoms with Crippen LogP contribution in [-0.4, -0.2) is 87.3 Å². The Morgan fingerprint density at radius 3 is 2.53 bits per heavy atom.